The molecule has 0 atom stereocenters. The summed E-state index contributed by atoms with van der Waals surface area (Å²) in [5.74, 6) is -4.79. The summed E-state index contributed by atoms with van der Waals surface area (Å²) in [5, 5.41) is 35.2. The molecule has 0 radical (unpaired) electrons. The summed E-state index contributed by atoms with van der Waals surface area (Å²) in [7, 11) is 0. The summed E-state index contributed by atoms with van der Waals surface area (Å²) in [4.78, 5) is 20.9. The van der Waals surface area contributed by atoms with E-state index in [2.05, 4.69) is 0 Å². The van der Waals surface area contributed by atoms with Crippen molar-refractivity contribution >= 4 is 11.9 Å². The number of aromatic carboxylic acids is 2. The zero-order chi connectivity index (χ0) is 10.9. The number of rotatable bonds is 2. The molecule has 15 heavy (non-hydrogen) atoms. The molecule has 1 rings (SSSR count). The molecule has 4 N–H and O–H groups in total. The Bertz CT molecular complexity index is 380. The Morgan fingerprint density at radius 3 is 1.40 bits per heavy atom. The van der Waals surface area contributed by atoms with E-state index in [-0.39, 0.29) is 20.3 Å². The van der Waals surface area contributed by atoms with Crippen LogP contribution in [0.2, 0.25) is 0 Å². The van der Waals surface area contributed by atoms with Crippen LogP contribution in [0.4, 0.5) is 0 Å². The molecule has 0 saturated carbocycles. The van der Waals surface area contributed by atoms with Crippen molar-refractivity contribution in [3.8, 4) is 11.5 Å². The van der Waals surface area contributed by atoms with E-state index in [1.54, 1.807) is 0 Å². The summed E-state index contributed by atoms with van der Waals surface area (Å²) < 4.78 is 0. The van der Waals surface area contributed by atoms with Gasteiger partial charge in [0, 0.05) is 0 Å². The van der Waals surface area contributed by atoms with Gasteiger partial charge in [-0.3, -0.25) is 0 Å². The number of carboxylic acids is 2. The maximum absolute atomic E-state index is 10.4. The zero-order valence-electron chi connectivity index (χ0n) is 8.76. The van der Waals surface area contributed by atoms with Crippen LogP contribution in [0.25, 0.3) is 0 Å². The largest absolute Gasteiger partial charge is 1.00 e. The molecule has 0 saturated heterocycles. The Morgan fingerprint density at radius 1 is 0.933 bits per heavy atom. The van der Waals surface area contributed by atoms with Gasteiger partial charge in [-0.2, -0.15) is 0 Å². The van der Waals surface area contributed by atoms with Gasteiger partial charge < -0.3 is 21.9 Å². The second-order valence-electron chi connectivity index (χ2n) is 2.47. The van der Waals surface area contributed by atoms with Crippen LogP contribution in [0, 0.1) is 0 Å². The summed E-state index contributed by atoms with van der Waals surface area (Å²) in [6.07, 6.45) is 0. The first-order chi connectivity index (χ1) is 6.45. The number of benzene rings is 1. The number of aromatic hydroxyl groups is 2. The van der Waals surface area contributed by atoms with Crippen LogP contribution < -0.4 is 18.9 Å². The van der Waals surface area contributed by atoms with Crippen molar-refractivity contribution in [1.29, 1.82) is 0 Å². The number of carboxylic acid groups (broad SMARTS) is 2. The van der Waals surface area contributed by atoms with Crippen LogP contribution in [-0.2, 0) is 0 Å². The quantitative estimate of drug-likeness (QED) is 0.317. The van der Waals surface area contributed by atoms with Gasteiger partial charge in [0.1, 0.15) is 11.1 Å². The fourth-order valence-electron chi connectivity index (χ4n) is 0.925. The van der Waals surface area contributed by atoms with E-state index < -0.39 is 34.6 Å². The molecule has 7 heteroatoms. The average molecular weight is 206 g/mol. The molecule has 0 aromatic heterocycles. The van der Waals surface area contributed by atoms with Crippen molar-refractivity contribution in [2.75, 3.05) is 0 Å². The van der Waals surface area contributed by atoms with Crippen molar-refractivity contribution < 1.29 is 50.3 Å². The minimum Gasteiger partial charge on any atom is -1.00 e. The molecule has 1 aromatic rings. The van der Waals surface area contributed by atoms with Gasteiger partial charge >= 0.3 is 30.8 Å². The minimum absolute atomic E-state index is 0. The molecule has 1 aromatic carbocycles. The number of hydrogen-bond acceptors (Lipinski definition) is 4. The van der Waals surface area contributed by atoms with Crippen molar-refractivity contribution in [3.63, 3.8) is 0 Å². The van der Waals surface area contributed by atoms with Crippen molar-refractivity contribution in [1.82, 2.24) is 0 Å². The maximum Gasteiger partial charge on any atom is 1.00 e. The summed E-state index contributed by atoms with van der Waals surface area (Å²) in [6.45, 7) is 0. The summed E-state index contributed by atoms with van der Waals surface area (Å²) >= 11 is 0. The molecule has 76 valence electrons. The first kappa shape index (κ1) is 13.4. The first-order valence-corrected chi connectivity index (χ1v) is 3.46. The Kier molecular flexibility index (Phi) is 4.21. The molecular formula is C8H7LiO6. The molecule has 0 aliphatic carbocycles. The standard InChI is InChI=1S/C8H6O6.Li.H/c9-5-3(7(11)12)1-2-4(6(5)10)8(13)14;;/h1-2,9-10H,(H,11,12)(H,13,14);;/q;+1;-1. The molecule has 0 aliphatic heterocycles. The van der Waals surface area contributed by atoms with E-state index in [0.717, 1.165) is 12.1 Å². The van der Waals surface area contributed by atoms with Crippen molar-refractivity contribution in [2.45, 2.75) is 0 Å². The van der Waals surface area contributed by atoms with E-state index in [9.17, 15) is 9.59 Å². The Hall–Kier alpha value is -1.64. The Labute approximate surface area is 97.4 Å². The van der Waals surface area contributed by atoms with Gasteiger partial charge in [-0.25, -0.2) is 9.59 Å². The van der Waals surface area contributed by atoms with E-state index in [4.69, 9.17) is 20.4 Å². The van der Waals surface area contributed by atoms with Crippen molar-refractivity contribution in [3.05, 3.63) is 23.3 Å². The third-order valence-electron chi connectivity index (χ3n) is 1.61. The first-order valence-electron chi connectivity index (χ1n) is 3.46. The average Bonchev–Trinajstić information content (AvgIpc) is 2.08. The van der Waals surface area contributed by atoms with Crippen LogP contribution >= 0.6 is 0 Å². The van der Waals surface area contributed by atoms with Crippen molar-refractivity contribution in [2.24, 2.45) is 0 Å². The SMILES string of the molecule is O=C(O)c1ccc(C(=O)O)c(O)c1O.[H-].[Li+]. The fourth-order valence-corrected chi connectivity index (χ4v) is 0.925. The molecule has 6 nitrogen and oxygen atoms in total. The van der Waals surface area contributed by atoms with Crippen LogP contribution in [0.15, 0.2) is 12.1 Å². The number of phenols is 2. The molecule has 0 unspecified atom stereocenters. The van der Waals surface area contributed by atoms with Gasteiger partial charge in [0.25, 0.3) is 0 Å². The van der Waals surface area contributed by atoms with Gasteiger partial charge in [-0.15, -0.1) is 0 Å². The molecular weight excluding hydrogens is 199 g/mol. The van der Waals surface area contributed by atoms with E-state index >= 15 is 0 Å². The predicted molar refractivity (Wildman–Crippen MR) is 44.8 cm³/mol. The Morgan fingerprint density at radius 2 is 1.20 bits per heavy atom. The molecule has 0 fully saturated rings. The molecule has 0 spiro atoms. The Balaban J connectivity index is 0. The molecule has 0 aliphatic rings. The van der Waals surface area contributed by atoms with Crippen LogP contribution in [-0.4, -0.2) is 32.4 Å². The number of hydrogen-bond donors (Lipinski definition) is 4. The van der Waals surface area contributed by atoms with Gasteiger partial charge in [0.15, 0.2) is 11.5 Å². The minimum atomic E-state index is -1.45. The topological polar surface area (TPSA) is 115 Å². The van der Waals surface area contributed by atoms with E-state index in [0.29, 0.717) is 0 Å². The van der Waals surface area contributed by atoms with E-state index in [1.807, 2.05) is 0 Å². The second kappa shape index (κ2) is 4.73. The maximum atomic E-state index is 10.4. The van der Waals surface area contributed by atoms with Gasteiger partial charge in [0.2, 0.25) is 0 Å². The van der Waals surface area contributed by atoms with Gasteiger partial charge in [-0.1, -0.05) is 0 Å². The smallest absolute Gasteiger partial charge is 1.00 e. The van der Waals surface area contributed by atoms with Crippen LogP contribution in [0.3, 0.4) is 0 Å². The monoisotopic (exact) mass is 206 g/mol. The van der Waals surface area contributed by atoms with E-state index in [1.165, 1.54) is 0 Å². The summed E-state index contributed by atoms with van der Waals surface area (Å²) in [5.41, 5.74) is -1.10. The normalized spacial score (nSPS) is 9.07. The third-order valence-corrected chi connectivity index (χ3v) is 1.61. The molecule has 0 bridgehead atoms. The molecule has 0 heterocycles. The van der Waals surface area contributed by atoms with Crippen LogP contribution in [0.1, 0.15) is 22.1 Å². The van der Waals surface area contributed by atoms with Crippen LogP contribution in [0.5, 0.6) is 11.5 Å². The van der Waals surface area contributed by atoms with Gasteiger partial charge in [-0.05, 0) is 12.1 Å². The number of carbonyl (C=O) groups is 2. The zero-order valence-corrected chi connectivity index (χ0v) is 7.76. The van der Waals surface area contributed by atoms with Gasteiger partial charge in [0.05, 0.1) is 0 Å². The predicted octanol–water partition coefficient (Wildman–Crippen LogP) is -2.39. The fraction of sp³-hybridized carbons (Fsp3) is 0. The third kappa shape index (κ3) is 2.43. The second-order valence-corrected chi connectivity index (χ2v) is 2.47. The summed E-state index contributed by atoms with van der Waals surface area (Å²) in [6, 6.07) is 1.81. The molecule has 0 amide bonds.